The summed E-state index contributed by atoms with van der Waals surface area (Å²) < 4.78 is 12.5. The Balaban J connectivity index is 1.03. The smallest absolute Gasteiger partial charge is 0.151 e. The van der Waals surface area contributed by atoms with E-state index in [2.05, 4.69) is 107 Å². The molecule has 0 unspecified atom stereocenters. The van der Waals surface area contributed by atoms with Gasteiger partial charge in [0.25, 0.3) is 0 Å². The Hall–Kier alpha value is -7.44. The van der Waals surface area contributed by atoms with Crippen molar-refractivity contribution in [3.8, 4) is 45.3 Å². The third kappa shape index (κ3) is 4.67. The van der Waals surface area contributed by atoms with E-state index < -0.39 is 0 Å². The van der Waals surface area contributed by atoms with Crippen LogP contribution in [0.3, 0.4) is 0 Å². The predicted octanol–water partition coefficient (Wildman–Crippen LogP) is 13.3. The van der Waals surface area contributed by atoms with Crippen LogP contribution >= 0.6 is 0 Å². The van der Waals surface area contributed by atoms with Crippen molar-refractivity contribution in [2.75, 3.05) is 9.80 Å². The molecular weight excluding hydrogens is 665 g/mol. The summed E-state index contributed by atoms with van der Waals surface area (Å²) in [4.78, 5) is 14.5. The van der Waals surface area contributed by atoms with Crippen molar-refractivity contribution in [1.29, 1.82) is 0 Å². The third-order valence-corrected chi connectivity index (χ3v) is 10.3. The Morgan fingerprint density at radius 3 is 1.00 bits per heavy atom. The van der Waals surface area contributed by atoms with E-state index in [4.69, 9.17) is 19.4 Å². The molecule has 0 aliphatic carbocycles. The number of rotatable bonds is 4. The van der Waals surface area contributed by atoms with Crippen LogP contribution in [0.5, 0.6) is 23.0 Å². The van der Waals surface area contributed by atoms with E-state index in [1.807, 2.05) is 72.8 Å². The molecule has 254 valence electrons. The molecule has 2 aliphatic rings. The van der Waals surface area contributed by atoms with Gasteiger partial charge < -0.3 is 19.3 Å². The van der Waals surface area contributed by atoms with Crippen molar-refractivity contribution >= 4 is 55.9 Å². The Labute approximate surface area is 311 Å². The van der Waals surface area contributed by atoms with Gasteiger partial charge in [-0.15, -0.1) is 0 Å². The first-order chi connectivity index (χ1) is 26.8. The van der Waals surface area contributed by atoms with Crippen molar-refractivity contribution in [1.82, 2.24) is 9.97 Å². The summed E-state index contributed by atoms with van der Waals surface area (Å²) >= 11 is 0. The first-order valence-corrected chi connectivity index (χ1v) is 18.0. The number of hydrogen-bond donors (Lipinski definition) is 0. The maximum atomic E-state index is 6.27. The van der Waals surface area contributed by atoms with Gasteiger partial charge >= 0.3 is 0 Å². The lowest BCUT2D eigenvalue weighted by molar-refractivity contribution is 0.477. The van der Waals surface area contributed by atoms with E-state index in [-0.39, 0.29) is 0 Å². The number of fused-ring (bicyclic) bond motifs is 6. The molecule has 0 saturated heterocycles. The molecule has 0 saturated carbocycles. The minimum absolute atomic E-state index is 0.829. The van der Waals surface area contributed by atoms with E-state index in [1.165, 1.54) is 0 Å². The maximum Gasteiger partial charge on any atom is 0.151 e. The number of benzene rings is 8. The monoisotopic (exact) mass is 694 g/mol. The van der Waals surface area contributed by atoms with Gasteiger partial charge in [-0.1, -0.05) is 97.1 Å². The summed E-state index contributed by atoms with van der Waals surface area (Å²) in [5.74, 6) is 3.32. The molecule has 0 atom stereocenters. The Kier molecular flexibility index (Phi) is 6.75. The van der Waals surface area contributed by atoms with Crippen molar-refractivity contribution < 1.29 is 9.47 Å². The van der Waals surface area contributed by atoms with E-state index >= 15 is 0 Å². The molecule has 0 radical (unpaired) electrons. The lowest BCUT2D eigenvalue weighted by atomic mass is 9.89. The quantitative estimate of drug-likeness (QED) is 0.171. The van der Waals surface area contributed by atoms with Crippen LogP contribution in [0.4, 0.5) is 34.1 Å². The summed E-state index contributed by atoms with van der Waals surface area (Å²) in [6.07, 6.45) is 3.58. The molecule has 1 aromatic heterocycles. The first-order valence-electron chi connectivity index (χ1n) is 18.0. The van der Waals surface area contributed by atoms with Crippen LogP contribution in [0.1, 0.15) is 0 Å². The van der Waals surface area contributed by atoms with Gasteiger partial charge in [0.2, 0.25) is 0 Å². The van der Waals surface area contributed by atoms with Crippen LogP contribution in [0.25, 0.3) is 44.1 Å². The van der Waals surface area contributed by atoms with Gasteiger partial charge in [-0.05, 0) is 94.7 Å². The predicted molar refractivity (Wildman–Crippen MR) is 217 cm³/mol. The van der Waals surface area contributed by atoms with E-state index in [1.54, 1.807) is 12.4 Å². The van der Waals surface area contributed by atoms with Crippen LogP contribution in [0.2, 0.25) is 0 Å². The molecule has 0 N–H and O–H groups in total. The Morgan fingerprint density at radius 2 is 0.648 bits per heavy atom. The fraction of sp³-hybridized carbons (Fsp3) is 0. The largest absolute Gasteiger partial charge is 0.453 e. The molecule has 6 nitrogen and oxygen atoms in total. The zero-order valence-electron chi connectivity index (χ0n) is 28.9. The van der Waals surface area contributed by atoms with E-state index in [0.29, 0.717) is 0 Å². The second-order valence-electron chi connectivity index (χ2n) is 13.4. The van der Waals surface area contributed by atoms with Gasteiger partial charge in [-0.2, -0.15) is 0 Å². The van der Waals surface area contributed by atoms with Crippen LogP contribution in [0, 0.1) is 0 Å². The van der Waals surface area contributed by atoms with Gasteiger partial charge in [0, 0.05) is 34.9 Å². The average molecular weight is 695 g/mol. The van der Waals surface area contributed by atoms with Gasteiger partial charge in [0.1, 0.15) is 0 Å². The molecular formula is C48H30N4O2. The van der Waals surface area contributed by atoms with Crippen LogP contribution < -0.4 is 19.3 Å². The zero-order chi connectivity index (χ0) is 35.6. The average Bonchev–Trinajstić information content (AvgIpc) is 3.24. The normalized spacial score (nSPS) is 12.7. The summed E-state index contributed by atoms with van der Waals surface area (Å²) in [5.41, 5.74) is 12.1. The van der Waals surface area contributed by atoms with Crippen LogP contribution in [0.15, 0.2) is 182 Å². The van der Waals surface area contributed by atoms with Gasteiger partial charge in [-0.25, -0.2) is 0 Å². The molecule has 3 heterocycles. The topological polar surface area (TPSA) is 50.7 Å². The second-order valence-corrected chi connectivity index (χ2v) is 13.4. The number of nitrogens with zero attached hydrogens (tertiary/aromatic N) is 4. The minimum Gasteiger partial charge on any atom is -0.453 e. The molecule has 2 aliphatic heterocycles. The summed E-state index contributed by atoms with van der Waals surface area (Å²) in [6, 6.07) is 58.7. The molecule has 11 rings (SSSR count). The SMILES string of the molecule is c1ccc2c(c1)Oc1ccccc1N2c1ccc(-c2c3ccccc3c(-c3ccc(N4c5ccccc5Oc5ccccc54)cc3)c3nccnc23)cc1. The zero-order valence-corrected chi connectivity index (χ0v) is 28.9. The van der Waals surface area contributed by atoms with Gasteiger partial charge in [0.15, 0.2) is 23.0 Å². The highest BCUT2D eigenvalue weighted by Crippen LogP contribution is 2.52. The lowest BCUT2D eigenvalue weighted by Gasteiger charge is -2.32. The molecule has 8 aromatic carbocycles. The minimum atomic E-state index is 0.829. The van der Waals surface area contributed by atoms with Crippen molar-refractivity contribution in [2.24, 2.45) is 0 Å². The number of ether oxygens (including phenoxy) is 2. The van der Waals surface area contributed by atoms with Gasteiger partial charge in [-0.3, -0.25) is 9.97 Å². The summed E-state index contributed by atoms with van der Waals surface area (Å²) in [7, 11) is 0. The third-order valence-electron chi connectivity index (χ3n) is 10.3. The highest BCUT2D eigenvalue weighted by atomic mass is 16.5. The lowest BCUT2D eigenvalue weighted by Crippen LogP contribution is -2.15. The molecule has 9 aromatic rings. The highest BCUT2D eigenvalue weighted by molar-refractivity contribution is 6.19. The Bertz CT molecular complexity index is 2560. The number of hydrogen-bond acceptors (Lipinski definition) is 6. The second kappa shape index (κ2) is 12.1. The molecule has 0 amide bonds. The molecule has 6 heteroatoms. The summed E-state index contributed by atoms with van der Waals surface area (Å²) in [5, 5.41) is 2.24. The number of aromatic nitrogens is 2. The van der Waals surface area contributed by atoms with Crippen molar-refractivity contribution in [2.45, 2.75) is 0 Å². The molecule has 54 heavy (non-hydrogen) atoms. The standard InChI is InChI=1S/C48H30N4O2/c1-2-12-36-35(11-1)45(31-21-25-33(26-22-31)51-37-13-3-7-17-41(37)53-42-18-8-4-14-38(42)51)47-48(50-30-29-49-47)46(36)32-23-27-34(28-24-32)52-39-15-5-9-19-43(39)54-44-20-10-6-16-40(44)52/h1-30H. The molecule has 0 spiro atoms. The van der Waals surface area contributed by atoms with E-state index in [9.17, 15) is 0 Å². The number of anilines is 6. The molecule has 0 fully saturated rings. The fourth-order valence-electron chi connectivity index (χ4n) is 7.98. The van der Waals surface area contributed by atoms with Gasteiger partial charge in [0.05, 0.1) is 33.8 Å². The van der Waals surface area contributed by atoms with E-state index in [0.717, 1.165) is 101 Å². The maximum absolute atomic E-state index is 6.27. The highest BCUT2D eigenvalue weighted by Gasteiger charge is 2.27. The Morgan fingerprint density at radius 1 is 0.333 bits per heavy atom. The van der Waals surface area contributed by atoms with Crippen LogP contribution in [-0.2, 0) is 0 Å². The van der Waals surface area contributed by atoms with Crippen molar-refractivity contribution in [3.05, 3.63) is 182 Å². The number of para-hydroxylation sites is 8. The molecule has 0 bridgehead atoms. The summed E-state index contributed by atoms with van der Waals surface area (Å²) in [6.45, 7) is 0. The first kappa shape index (κ1) is 30.2. The fourth-order valence-corrected chi connectivity index (χ4v) is 7.98. The van der Waals surface area contributed by atoms with Crippen molar-refractivity contribution in [3.63, 3.8) is 0 Å². The van der Waals surface area contributed by atoms with Crippen LogP contribution in [-0.4, -0.2) is 9.97 Å².